The largest absolute Gasteiger partial charge is 0.308 e. The lowest BCUT2D eigenvalue weighted by Crippen LogP contribution is -1.92. The number of hydrogen-bond acceptors (Lipinski definition) is 2. The highest BCUT2D eigenvalue weighted by molar-refractivity contribution is 7.27. The van der Waals surface area contributed by atoms with E-state index in [9.17, 15) is 0 Å². The molecule has 0 spiro atoms. The molecule has 0 bridgehead atoms. The van der Waals surface area contributed by atoms with E-state index in [0.29, 0.717) is 0 Å². The topological polar surface area (TPSA) is 4.93 Å². The molecule has 35 heavy (non-hydrogen) atoms. The monoisotopic (exact) mass is 481 g/mol. The van der Waals surface area contributed by atoms with Crippen molar-refractivity contribution >= 4 is 74.1 Å². The van der Waals surface area contributed by atoms with Crippen LogP contribution in [-0.2, 0) is 0 Å². The molecule has 1 nitrogen and oxygen atoms in total. The Morgan fingerprint density at radius 2 is 1.09 bits per heavy atom. The highest BCUT2D eigenvalue weighted by Gasteiger charge is 2.18. The highest BCUT2D eigenvalue weighted by Crippen LogP contribution is 2.44. The van der Waals surface area contributed by atoms with Crippen LogP contribution in [0.1, 0.15) is 0 Å². The molecular formula is C32H19NS2. The Kier molecular flexibility index (Phi) is 4.04. The van der Waals surface area contributed by atoms with Gasteiger partial charge in [-0.1, -0.05) is 66.7 Å². The maximum atomic E-state index is 2.43. The summed E-state index contributed by atoms with van der Waals surface area (Å²) < 4.78 is 7.82. The molecule has 8 aromatic rings. The molecule has 0 amide bonds. The summed E-state index contributed by atoms with van der Waals surface area (Å²) in [6.45, 7) is 0. The van der Waals surface area contributed by atoms with Crippen molar-refractivity contribution in [3.63, 3.8) is 0 Å². The Bertz CT molecular complexity index is 2050. The zero-order valence-electron chi connectivity index (χ0n) is 18.7. The maximum absolute atomic E-state index is 2.43. The number of fused-ring (bicyclic) bond motifs is 8. The molecule has 3 aromatic heterocycles. The first kappa shape index (κ1) is 19.4. The fourth-order valence-electron chi connectivity index (χ4n) is 5.40. The summed E-state index contributed by atoms with van der Waals surface area (Å²) in [4.78, 5) is 0. The quantitative estimate of drug-likeness (QED) is 0.231. The Balaban J connectivity index is 1.42. The van der Waals surface area contributed by atoms with Crippen molar-refractivity contribution in [2.75, 3.05) is 0 Å². The van der Waals surface area contributed by atoms with E-state index in [1.165, 1.54) is 68.2 Å². The Hall–Kier alpha value is -3.92. The van der Waals surface area contributed by atoms with E-state index in [1.54, 1.807) is 0 Å². The molecule has 0 atom stereocenters. The van der Waals surface area contributed by atoms with Crippen molar-refractivity contribution in [3.05, 3.63) is 115 Å². The second-order valence-corrected chi connectivity index (χ2v) is 11.1. The number of thiophene rings is 2. The molecule has 0 radical (unpaired) electrons. The number of aromatic nitrogens is 1. The number of benzene rings is 5. The van der Waals surface area contributed by atoms with E-state index in [-0.39, 0.29) is 0 Å². The highest BCUT2D eigenvalue weighted by atomic mass is 32.1. The molecule has 0 fully saturated rings. The van der Waals surface area contributed by atoms with Crippen molar-refractivity contribution in [2.24, 2.45) is 0 Å². The lowest BCUT2D eigenvalue weighted by atomic mass is 10.0. The van der Waals surface area contributed by atoms with Gasteiger partial charge in [0.05, 0.1) is 15.7 Å². The van der Waals surface area contributed by atoms with Gasteiger partial charge in [0.1, 0.15) is 0 Å². The van der Waals surface area contributed by atoms with Gasteiger partial charge in [-0.2, -0.15) is 0 Å². The lowest BCUT2D eigenvalue weighted by molar-refractivity contribution is 1.19. The molecule has 0 saturated carbocycles. The van der Waals surface area contributed by atoms with Gasteiger partial charge in [0.15, 0.2) is 0 Å². The fourth-order valence-corrected chi connectivity index (χ4v) is 7.69. The first-order chi connectivity index (χ1) is 17.3. The van der Waals surface area contributed by atoms with Crippen LogP contribution in [-0.4, -0.2) is 4.57 Å². The molecule has 0 aliphatic rings. The molecule has 0 unspecified atom stereocenters. The summed E-state index contributed by atoms with van der Waals surface area (Å²) in [7, 11) is 0. The molecule has 3 heteroatoms. The van der Waals surface area contributed by atoms with Crippen molar-refractivity contribution in [3.8, 4) is 16.8 Å². The van der Waals surface area contributed by atoms with Crippen LogP contribution in [0.2, 0.25) is 0 Å². The third-order valence-corrected chi connectivity index (χ3v) is 9.34. The van der Waals surface area contributed by atoms with Crippen molar-refractivity contribution < 1.29 is 0 Å². The number of rotatable bonds is 2. The zero-order chi connectivity index (χ0) is 22.9. The predicted molar refractivity (Wildman–Crippen MR) is 154 cm³/mol. The molecule has 0 aliphatic carbocycles. The minimum atomic E-state index is 1.20. The van der Waals surface area contributed by atoms with E-state index < -0.39 is 0 Å². The van der Waals surface area contributed by atoms with Crippen LogP contribution in [0, 0.1) is 0 Å². The normalized spacial score (nSPS) is 12.0. The molecule has 3 heterocycles. The van der Waals surface area contributed by atoms with Gasteiger partial charge in [-0.05, 0) is 59.7 Å². The van der Waals surface area contributed by atoms with Gasteiger partial charge in [-0.15, -0.1) is 22.7 Å². The van der Waals surface area contributed by atoms with Crippen LogP contribution in [0.4, 0.5) is 0 Å². The SMILES string of the molecule is c1ccc(-n2c3ccccc3c3sc4ccc(-c5ccc6sc7ccccc7c6c5)cc4c32)cc1. The van der Waals surface area contributed by atoms with Crippen LogP contribution >= 0.6 is 22.7 Å². The number of hydrogen-bond donors (Lipinski definition) is 0. The summed E-state index contributed by atoms with van der Waals surface area (Å²) in [5.41, 5.74) is 6.30. The second-order valence-electron chi connectivity index (χ2n) is 8.99. The minimum Gasteiger partial charge on any atom is -0.308 e. The van der Waals surface area contributed by atoms with Gasteiger partial charge in [-0.3, -0.25) is 0 Å². The number of nitrogens with zero attached hydrogens (tertiary/aromatic N) is 1. The van der Waals surface area contributed by atoms with E-state index >= 15 is 0 Å². The Morgan fingerprint density at radius 1 is 0.457 bits per heavy atom. The second kappa shape index (κ2) is 7.29. The Labute approximate surface area is 210 Å². The average Bonchev–Trinajstić information content (AvgIpc) is 3.57. The summed E-state index contributed by atoms with van der Waals surface area (Å²) in [5, 5.41) is 5.33. The summed E-state index contributed by atoms with van der Waals surface area (Å²) in [6.07, 6.45) is 0. The molecule has 8 rings (SSSR count). The van der Waals surface area contributed by atoms with Gasteiger partial charge >= 0.3 is 0 Å². The van der Waals surface area contributed by atoms with Crippen LogP contribution in [0.3, 0.4) is 0 Å². The average molecular weight is 482 g/mol. The molecule has 0 saturated heterocycles. The van der Waals surface area contributed by atoms with Crippen molar-refractivity contribution in [1.29, 1.82) is 0 Å². The summed E-state index contributed by atoms with van der Waals surface area (Å²) in [6, 6.07) is 42.1. The van der Waals surface area contributed by atoms with Crippen LogP contribution < -0.4 is 0 Å². The predicted octanol–water partition coefficient (Wildman–Crippen LogP) is 10.0. The maximum Gasteiger partial charge on any atom is 0.0727 e. The van der Waals surface area contributed by atoms with Gasteiger partial charge < -0.3 is 4.57 Å². The van der Waals surface area contributed by atoms with Crippen LogP contribution in [0.5, 0.6) is 0 Å². The van der Waals surface area contributed by atoms with Gasteiger partial charge in [0.2, 0.25) is 0 Å². The molecule has 0 aliphatic heterocycles. The fraction of sp³-hybridized carbons (Fsp3) is 0. The molecule has 164 valence electrons. The van der Waals surface area contributed by atoms with E-state index in [4.69, 9.17) is 0 Å². The Morgan fingerprint density at radius 3 is 1.91 bits per heavy atom. The van der Waals surface area contributed by atoms with Crippen molar-refractivity contribution in [2.45, 2.75) is 0 Å². The first-order valence-corrected chi connectivity index (χ1v) is 13.4. The smallest absolute Gasteiger partial charge is 0.0727 e. The van der Waals surface area contributed by atoms with E-state index in [2.05, 4.69) is 120 Å². The third-order valence-electron chi connectivity index (χ3n) is 7.00. The zero-order valence-corrected chi connectivity index (χ0v) is 20.4. The van der Waals surface area contributed by atoms with Crippen LogP contribution in [0.15, 0.2) is 115 Å². The number of para-hydroxylation sites is 2. The van der Waals surface area contributed by atoms with Gasteiger partial charge in [0, 0.05) is 41.3 Å². The van der Waals surface area contributed by atoms with E-state index in [0.717, 1.165) is 0 Å². The summed E-state index contributed by atoms with van der Waals surface area (Å²) in [5.74, 6) is 0. The van der Waals surface area contributed by atoms with E-state index in [1.807, 2.05) is 22.7 Å². The first-order valence-electron chi connectivity index (χ1n) is 11.8. The third kappa shape index (κ3) is 2.80. The van der Waals surface area contributed by atoms with Crippen molar-refractivity contribution in [1.82, 2.24) is 4.57 Å². The standard InChI is InChI=1S/C32H19NS2/c1-2-8-22(9-3-1)33-27-12-6-4-11-24(27)32-31(33)26-19-21(15-17-30(26)35-32)20-14-16-29-25(18-20)23-10-5-7-13-28(23)34-29/h1-19H. The minimum absolute atomic E-state index is 1.20. The lowest BCUT2D eigenvalue weighted by Gasteiger charge is -2.08. The van der Waals surface area contributed by atoms with Gasteiger partial charge in [-0.25, -0.2) is 0 Å². The molecule has 0 N–H and O–H groups in total. The molecule has 5 aromatic carbocycles. The molecular weight excluding hydrogens is 462 g/mol. The summed E-state index contributed by atoms with van der Waals surface area (Å²) >= 11 is 3.77. The van der Waals surface area contributed by atoms with Gasteiger partial charge in [0.25, 0.3) is 0 Å². The van der Waals surface area contributed by atoms with Crippen LogP contribution in [0.25, 0.3) is 68.2 Å².